The quantitative estimate of drug-likeness (QED) is 0.312. The third-order valence-electron chi connectivity index (χ3n) is 6.04. The van der Waals surface area contributed by atoms with Crippen LogP contribution in [0.2, 0.25) is 0 Å². The van der Waals surface area contributed by atoms with Crippen molar-refractivity contribution in [1.82, 2.24) is 4.98 Å². The van der Waals surface area contributed by atoms with Gasteiger partial charge in [-0.3, -0.25) is 4.98 Å². The molecule has 0 amide bonds. The smallest absolute Gasteiger partial charge is 0.0792 e. The molecule has 0 saturated heterocycles. The van der Waals surface area contributed by atoms with Gasteiger partial charge >= 0.3 is 0 Å². The van der Waals surface area contributed by atoms with Crippen molar-refractivity contribution in [3.05, 3.63) is 78.0 Å². The highest BCUT2D eigenvalue weighted by molar-refractivity contribution is 6.12. The fourth-order valence-electron chi connectivity index (χ4n) is 4.66. The standard InChI is InChI=1S/C28H27N/c1-17(2)13-19-9-10-23-25(14-19)22-7-5-6-8-24(22)28-27-20(11-12-29-28)15-21(18(3)4)16-26(23)27/h5-12,14-18H,13H2,1-4H3. The molecule has 0 atom stereocenters. The van der Waals surface area contributed by atoms with Crippen LogP contribution in [0.1, 0.15) is 44.7 Å². The Labute approximate surface area is 173 Å². The van der Waals surface area contributed by atoms with Crippen molar-refractivity contribution in [2.75, 3.05) is 0 Å². The first-order chi connectivity index (χ1) is 14.0. The highest BCUT2D eigenvalue weighted by Gasteiger charge is 2.23. The van der Waals surface area contributed by atoms with Crippen LogP contribution in [0.15, 0.2) is 66.9 Å². The van der Waals surface area contributed by atoms with E-state index in [1.807, 2.05) is 6.20 Å². The minimum atomic E-state index is 0.488. The molecule has 0 saturated carbocycles. The maximum atomic E-state index is 4.87. The highest BCUT2D eigenvalue weighted by Crippen LogP contribution is 2.47. The number of nitrogens with zero attached hydrogens (tertiary/aromatic N) is 1. The fourth-order valence-corrected chi connectivity index (χ4v) is 4.66. The van der Waals surface area contributed by atoms with E-state index in [1.54, 1.807) is 0 Å². The molecule has 0 bridgehead atoms. The number of hydrogen-bond acceptors (Lipinski definition) is 1. The molecule has 144 valence electrons. The Morgan fingerprint density at radius 3 is 2.24 bits per heavy atom. The van der Waals surface area contributed by atoms with Gasteiger partial charge in [0.2, 0.25) is 0 Å². The van der Waals surface area contributed by atoms with Crippen LogP contribution in [0.3, 0.4) is 0 Å². The number of fused-ring (bicyclic) bond motifs is 5. The molecule has 0 unspecified atom stereocenters. The van der Waals surface area contributed by atoms with Crippen molar-refractivity contribution in [2.45, 2.75) is 40.0 Å². The van der Waals surface area contributed by atoms with E-state index < -0.39 is 0 Å². The lowest BCUT2D eigenvalue weighted by molar-refractivity contribution is 0.647. The Morgan fingerprint density at radius 2 is 1.48 bits per heavy atom. The Kier molecular flexibility index (Phi) is 4.28. The Bertz CT molecular complexity index is 1230. The Balaban J connectivity index is 1.92. The van der Waals surface area contributed by atoms with Gasteiger partial charge in [0.05, 0.1) is 5.69 Å². The van der Waals surface area contributed by atoms with Crippen LogP contribution in [-0.4, -0.2) is 4.98 Å². The second kappa shape index (κ2) is 6.84. The van der Waals surface area contributed by atoms with Gasteiger partial charge in [-0.05, 0) is 63.1 Å². The monoisotopic (exact) mass is 377 g/mol. The molecule has 1 aliphatic rings. The maximum Gasteiger partial charge on any atom is 0.0792 e. The zero-order valence-electron chi connectivity index (χ0n) is 17.7. The van der Waals surface area contributed by atoms with E-state index in [1.165, 1.54) is 49.7 Å². The van der Waals surface area contributed by atoms with Crippen molar-refractivity contribution in [1.29, 1.82) is 0 Å². The van der Waals surface area contributed by atoms with E-state index in [0.717, 1.165) is 12.1 Å². The summed E-state index contributed by atoms with van der Waals surface area (Å²) in [5.74, 6) is 1.13. The minimum Gasteiger partial charge on any atom is -0.256 e. The predicted octanol–water partition coefficient (Wildman–Crippen LogP) is 7.87. The van der Waals surface area contributed by atoms with Gasteiger partial charge in [0.1, 0.15) is 0 Å². The molecule has 0 spiro atoms. The molecule has 1 heteroatoms. The number of aromatic nitrogens is 1. The molecule has 0 aliphatic heterocycles. The fraction of sp³-hybridized carbons (Fsp3) is 0.250. The number of hydrogen-bond donors (Lipinski definition) is 0. The van der Waals surface area contributed by atoms with E-state index in [-0.39, 0.29) is 0 Å². The van der Waals surface area contributed by atoms with Crippen molar-refractivity contribution in [3.8, 4) is 33.5 Å². The van der Waals surface area contributed by atoms with Crippen LogP contribution in [0.5, 0.6) is 0 Å². The lowest BCUT2D eigenvalue weighted by atomic mass is 9.88. The summed E-state index contributed by atoms with van der Waals surface area (Å²) in [7, 11) is 0. The molecular formula is C28H27N. The molecule has 29 heavy (non-hydrogen) atoms. The number of rotatable bonds is 3. The second-order valence-electron chi connectivity index (χ2n) is 9.00. The van der Waals surface area contributed by atoms with Gasteiger partial charge in [-0.25, -0.2) is 0 Å². The van der Waals surface area contributed by atoms with Crippen LogP contribution in [0, 0.1) is 5.92 Å². The van der Waals surface area contributed by atoms with E-state index in [0.29, 0.717) is 11.8 Å². The van der Waals surface area contributed by atoms with Gasteiger partial charge in [-0.15, -0.1) is 0 Å². The first kappa shape index (κ1) is 18.1. The summed E-state index contributed by atoms with van der Waals surface area (Å²) in [5.41, 5.74) is 10.4. The summed E-state index contributed by atoms with van der Waals surface area (Å²) < 4.78 is 0. The number of benzene rings is 3. The molecule has 0 fully saturated rings. The largest absolute Gasteiger partial charge is 0.256 e. The maximum absolute atomic E-state index is 4.87. The summed E-state index contributed by atoms with van der Waals surface area (Å²) in [6.07, 6.45) is 3.06. The molecule has 1 heterocycles. The topological polar surface area (TPSA) is 12.9 Å². The van der Waals surface area contributed by atoms with Crippen molar-refractivity contribution in [2.24, 2.45) is 5.92 Å². The lowest BCUT2D eigenvalue weighted by Crippen LogP contribution is -1.96. The molecule has 5 rings (SSSR count). The first-order valence-electron chi connectivity index (χ1n) is 10.7. The zero-order valence-corrected chi connectivity index (χ0v) is 17.7. The third kappa shape index (κ3) is 2.97. The highest BCUT2D eigenvalue weighted by atomic mass is 14.7. The molecule has 1 aliphatic carbocycles. The minimum absolute atomic E-state index is 0.488. The predicted molar refractivity (Wildman–Crippen MR) is 124 cm³/mol. The Hall–Kier alpha value is -2.93. The summed E-state index contributed by atoms with van der Waals surface area (Å²) in [5, 5.41) is 2.56. The van der Waals surface area contributed by atoms with Gasteiger partial charge in [-0.2, -0.15) is 0 Å². The van der Waals surface area contributed by atoms with Gasteiger partial charge in [0.15, 0.2) is 0 Å². The summed E-state index contributed by atoms with van der Waals surface area (Å²) in [4.78, 5) is 4.87. The van der Waals surface area contributed by atoms with Gasteiger partial charge in [0.25, 0.3) is 0 Å². The van der Waals surface area contributed by atoms with E-state index in [4.69, 9.17) is 4.98 Å². The normalized spacial score (nSPS) is 12.2. The van der Waals surface area contributed by atoms with Crippen molar-refractivity contribution in [3.63, 3.8) is 0 Å². The average Bonchev–Trinajstić information content (AvgIpc) is 2.82. The SMILES string of the molecule is CC(C)Cc1ccc2c(c1)-c1ccccc1-c1nccc3cc(C(C)C)cc-2c13. The molecule has 4 aromatic rings. The van der Waals surface area contributed by atoms with Crippen LogP contribution in [0.25, 0.3) is 44.3 Å². The Morgan fingerprint density at radius 1 is 0.724 bits per heavy atom. The van der Waals surface area contributed by atoms with E-state index >= 15 is 0 Å². The van der Waals surface area contributed by atoms with Gasteiger partial charge in [-0.1, -0.05) is 82.3 Å². The third-order valence-corrected chi connectivity index (χ3v) is 6.04. The molecule has 1 aromatic heterocycles. The van der Waals surface area contributed by atoms with Crippen molar-refractivity contribution >= 4 is 10.8 Å². The van der Waals surface area contributed by atoms with Gasteiger partial charge in [0, 0.05) is 17.1 Å². The number of pyridine rings is 1. The molecular weight excluding hydrogens is 350 g/mol. The van der Waals surface area contributed by atoms with Crippen LogP contribution in [0.4, 0.5) is 0 Å². The zero-order chi connectivity index (χ0) is 20.1. The van der Waals surface area contributed by atoms with Gasteiger partial charge < -0.3 is 0 Å². The van der Waals surface area contributed by atoms with E-state index in [9.17, 15) is 0 Å². The summed E-state index contributed by atoms with van der Waals surface area (Å²) in [6.45, 7) is 9.12. The first-order valence-corrected chi connectivity index (χ1v) is 10.7. The van der Waals surface area contributed by atoms with Crippen LogP contribution in [-0.2, 0) is 6.42 Å². The molecule has 1 nitrogen and oxygen atoms in total. The van der Waals surface area contributed by atoms with Crippen LogP contribution < -0.4 is 0 Å². The van der Waals surface area contributed by atoms with Crippen molar-refractivity contribution < 1.29 is 0 Å². The second-order valence-corrected chi connectivity index (χ2v) is 9.00. The van der Waals surface area contributed by atoms with E-state index in [2.05, 4.69) is 88.4 Å². The average molecular weight is 378 g/mol. The molecule has 0 N–H and O–H groups in total. The molecule has 3 aromatic carbocycles. The van der Waals surface area contributed by atoms with Crippen LogP contribution >= 0.6 is 0 Å². The summed E-state index contributed by atoms with van der Waals surface area (Å²) >= 11 is 0. The summed E-state index contributed by atoms with van der Waals surface area (Å²) in [6, 6.07) is 22.7. The lowest BCUT2D eigenvalue weighted by Gasteiger charge is -2.16. The molecule has 0 radical (unpaired) electrons.